The lowest BCUT2D eigenvalue weighted by atomic mass is 9.89. The third-order valence-corrected chi connectivity index (χ3v) is 4.55. The number of aliphatic hydroxyl groups is 4. The van der Waals surface area contributed by atoms with Crippen molar-refractivity contribution < 1.29 is 99.8 Å². The fraction of sp³-hybridized carbons (Fsp3) is 0.875. The second-order valence-electron chi connectivity index (χ2n) is 7.31. The van der Waals surface area contributed by atoms with Gasteiger partial charge in [0.15, 0.2) is 0 Å². The molecule has 0 spiro atoms. The van der Waals surface area contributed by atoms with E-state index in [9.17, 15) is 84.9 Å². The van der Waals surface area contributed by atoms with Gasteiger partial charge in [-0.25, -0.2) is 0 Å². The Kier molecular flexibility index (Phi) is 10.6. The van der Waals surface area contributed by atoms with E-state index in [0.717, 1.165) is 0 Å². The van der Waals surface area contributed by atoms with Gasteiger partial charge in [-0.15, -0.1) is 0 Å². The highest BCUT2D eigenvalue weighted by atomic mass is 19.4. The molecule has 0 aromatic rings. The number of hydrogen-bond acceptors (Lipinski definition) is 5. The van der Waals surface area contributed by atoms with Crippen LogP contribution in [0.25, 0.3) is 0 Å². The summed E-state index contributed by atoms with van der Waals surface area (Å²) in [5, 5.41) is 36.0. The van der Waals surface area contributed by atoms with Gasteiger partial charge in [0.05, 0.1) is 19.8 Å². The molecule has 0 saturated carbocycles. The number of rotatable bonds is 14. The predicted octanol–water partition coefficient (Wildman–Crippen LogP) is 3.64. The van der Waals surface area contributed by atoms with Gasteiger partial charge in [0, 0.05) is 0 Å². The van der Waals surface area contributed by atoms with Crippen LogP contribution in [0.2, 0.25) is 0 Å². The molecule has 0 saturated heterocycles. The van der Waals surface area contributed by atoms with Gasteiger partial charge < -0.3 is 25.2 Å². The SMILES string of the molecule is OC[C@H](O)[C@@H](O)[C@H](O)COC/C=C/C(F)(F)C(F)(F)C(F)(F)C(F)(F)C(F)(F)C(F)(F)C(F)(F)C(F)(F)F. The van der Waals surface area contributed by atoms with Crippen LogP contribution in [0.4, 0.5) is 74.6 Å². The van der Waals surface area contributed by atoms with E-state index >= 15 is 0 Å². The Hall–Kier alpha value is -1.65. The largest absolute Gasteiger partial charge is 0.460 e. The summed E-state index contributed by atoms with van der Waals surface area (Å²) in [4.78, 5) is 0. The number of allylic oxidation sites excluding steroid dienone is 1. The molecule has 5 nitrogen and oxygen atoms in total. The maximum Gasteiger partial charge on any atom is 0.460 e. The van der Waals surface area contributed by atoms with E-state index in [1.807, 2.05) is 0 Å². The lowest BCUT2D eigenvalue weighted by molar-refractivity contribution is -0.459. The first kappa shape index (κ1) is 36.4. The molecule has 228 valence electrons. The van der Waals surface area contributed by atoms with E-state index in [2.05, 4.69) is 4.74 Å². The average molecular weight is 610 g/mol. The van der Waals surface area contributed by atoms with Crippen LogP contribution in [0.5, 0.6) is 0 Å². The van der Waals surface area contributed by atoms with Gasteiger partial charge in [-0.1, -0.05) is 6.08 Å². The van der Waals surface area contributed by atoms with Crippen molar-refractivity contribution in [2.24, 2.45) is 0 Å². The zero-order valence-corrected chi connectivity index (χ0v) is 17.6. The van der Waals surface area contributed by atoms with Crippen molar-refractivity contribution in [3.05, 3.63) is 12.2 Å². The van der Waals surface area contributed by atoms with Crippen LogP contribution in [-0.2, 0) is 4.74 Å². The van der Waals surface area contributed by atoms with E-state index in [1.54, 1.807) is 0 Å². The van der Waals surface area contributed by atoms with Crippen LogP contribution in [0.1, 0.15) is 0 Å². The van der Waals surface area contributed by atoms with Gasteiger partial charge >= 0.3 is 47.6 Å². The minimum Gasteiger partial charge on any atom is -0.394 e. The van der Waals surface area contributed by atoms with Crippen LogP contribution in [0.3, 0.4) is 0 Å². The number of alkyl halides is 17. The number of halogens is 17. The first-order chi connectivity index (χ1) is 16.5. The molecule has 0 aromatic heterocycles. The van der Waals surface area contributed by atoms with E-state index < -0.39 is 97.9 Å². The summed E-state index contributed by atoms with van der Waals surface area (Å²) in [6.45, 7) is -3.76. The maximum absolute atomic E-state index is 13.6. The predicted molar refractivity (Wildman–Crippen MR) is 85.7 cm³/mol. The van der Waals surface area contributed by atoms with Crippen molar-refractivity contribution in [1.82, 2.24) is 0 Å². The molecule has 22 heteroatoms. The summed E-state index contributed by atoms with van der Waals surface area (Å²) >= 11 is 0. The summed E-state index contributed by atoms with van der Waals surface area (Å²) in [5.74, 6) is -57.2. The minimum atomic E-state index is -8.72. The Balaban J connectivity index is 6.02. The van der Waals surface area contributed by atoms with Gasteiger partial charge in [0.1, 0.15) is 18.3 Å². The Morgan fingerprint density at radius 2 is 0.921 bits per heavy atom. The molecule has 0 aliphatic heterocycles. The third kappa shape index (κ3) is 5.92. The molecule has 38 heavy (non-hydrogen) atoms. The molecule has 3 atom stereocenters. The fourth-order valence-corrected chi connectivity index (χ4v) is 2.20. The second kappa shape index (κ2) is 11.1. The molecule has 0 heterocycles. The molecular formula is C16H15F17O5. The van der Waals surface area contributed by atoms with Gasteiger partial charge in [-0.3, -0.25) is 0 Å². The molecule has 0 rings (SSSR count). The molecule has 0 radical (unpaired) electrons. The normalized spacial score (nSPS) is 18.1. The topological polar surface area (TPSA) is 90.2 Å². The molecule has 0 unspecified atom stereocenters. The van der Waals surface area contributed by atoms with Crippen molar-refractivity contribution in [2.45, 2.75) is 65.9 Å². The fourth-order valence-electron chi connectivity index (χ4n) is 2.20. The summed E-state index contributed by atoms with van der Waals surface area (Å²) in [6.07, 6.45) is -16.0. The molecule has 4 N–H and O–H groups in total. The highest BCUT2D eigenvalue weighted by Gasteiger charge is 2.95. The van der Waals surface area contributed by atoms with E-state index in [1.165, 1.54) is 0 Å². The summed E-state index contributed by atoms with van der Waals surface area (Å²) in [6, 6.07) is 0. The molecule has 0 amide bonds. The van der Waals surface area contributed by atoms with Crippen molar-refractivity contribution >= 4 is 0 Å². The Morgan fingerprint density at radius 3 is 1.29 bits per heavy atom. The molecule has 0 aliphatic rings. The Morgan fingerprint density at radius 1 is 0.553 bits per heavy atom. The number of hydrogen-bond donors (Lipinski definition) is 4. The molecule has 0 aromatic carbocycles. The zero-order valence-electron chi connectivity index (χ0n) is 17.6. The van der Waals surface area contributed by atoms with Crippen molar-refractivity contribution in [2.75, 3.05) is 19.8 Å². The highest BCUT2D eigenvalue weighted by molar-refractivity contribution is 5.18. The lowest BCUT2D eigenvalue weighted by Crippen LogP contribution is -2.74. The molecular weight excluding hydrogens is 595 g/mol. The molecule has 0 fully saturated rings. The van der Waals surface area contributed by atoms with Crippen LogP contribution in [0, 0.1) is 0 Å². The first-order valence-electron chi connectivity index (χ1n) is 9.14. The number of ether oxygens (including phenoxy) is 1. The Labute approximate surface area is 199 Å². The lowest BCUT2D eigenvalue weighted by Gasteiger charge is -2.42. The third-order valence-electron chi connectivity index (χ3n) is 4.55. The second-order valence-corrected chi connectivity index (χ2v) is 7.31. The van der Waals surface area contributed by atoms with Gasteiger partial charge in [-0.2, -0.15) is 74.6 Å². The maximum atomic E-state index is 13.6. The monoisotopic (exact) mass is 610 g/mol. The van der Waals surface area contributed by atoms with Crippen molar-refractivity contribution in [3.63, 3.8) is 0 Å². The van der Waals surface area contributed by atoms with E-state index in [0.29, 0.717) is 0 Å². The first-order valence-corrected chi connectivity index (χ1v) is 9.14. The number of aliphatic hydroxyl groups excluding tert-OH is 4. The standard InChI is InChI=1S/C16H15F17O5/c17-9(18,2-1-3-38-5-7(36)8(37)6(35)4-34)10(19,20)11(21,22)12(23,24)13(25,26)14(27,28)15(29,30)16(31,32)33/h1-2,6-8,34-37H,3-5H2/b2-1+/t6-,7+,8+/m0/s1. The van der Waals surface area contributed by atoms with Crippen LogP contribution in [0.15, 0.2) is 12.2 Å². The minimum absolute atomic E-state index is 0.436. The average Bonchev–Trinajstić information content (AvgIpc) is 2.75. The highest BCUT2D eigenvalue weighted by Crippen LogP contribution is 2.64. The van der Waals surface area contributed by atoms with Crippen LogP contribution >= 0.6 is 0 Å². The zero-order chi connectivity index (χ0) is 31.0. The smallest absolute Gasteiger partial charge is 0.394 e. The summed E-state index contributed by atoms with van der Waals surface area (Å²) in [5.41, 5.74) is 0. The van der Waals surface area contributed by atoms with Crippen molar-refractivity contribution in [1.29, 1.82) is 0 Å². The summed E-state index contributed by atoms with van der Waals surface area (Å²) < 4.78 is 227. The quantitative estimate of drug-likeness (QED) is 0.137. The van der Waals surface area contributed by atoms with Crippen molar-refractivity contribution in [3.8, 4) is 0 Å². The molecule has 0 bridgehead atoms. The van der Waals surface area contributed by atoms with Gasteiger partial charge in [0.2, 0.25) is 0 Å². The van der Waals surface area contributed by atoms with E-state index in [-0.39, 0.29) is 0 Å². The van der Waals surface area contributed by atoms with Gasteiger partial charge in [-0.05, 0) is 6.08 Å². The van der Waals surface area contributed by atoms with Crippen LogP contribution < -0.4 is 0 Å². The van der Waals surface area contributed by atoms with Crippen LogP contribution in [-0.4, -0.2) is 106 Å². The van der Waals surface area contributed by atoms with Gasteiger partial charge in [0.25, 0.3) is 0 Å². The summed E-state index contributed by atoms with van der Waals surface area (Å²) in [7, 11) is 0. The molecule has 0 aliphatic carbocycles. The van der Waals surface area contributed by atoms with E-state index in [4.69, 9.17) is 10.2 Å². The Bertz CT molecular complexity index is 811.